The van der Waals surface area contributed by atoms with Crippen LogP contribution in [0.4, 0.5) is 4.39 Å². The normalized spacial score (nSPS) is 21.6. The molecule has 0 radical (unpaired) electrons. The molecule has 1 aromatic rings. The SMILES string of the molecule is O=C1CCCC1c1cc(Cl)ccc1F. The summed E-state index contributed by atoms with van der Waals surface area (Å²) in [6.45, 7) is 0. The number of ketones is 1. The predicted octanol–water partition coefficient (Wildman–Crippen LogP) is 3.32. The van der Waals surface area contributed by atoms with E-state index >= 15 is 0 Å². The van der Waals surface area contributed by atoms with Gasteiger partial charge in [-0.05, 0) is 36.6 Å². The largest absolute Gasteiger partial charge is 0.299 e. The maximum Gasteiger partial charge on any atom is 0.140 e. The van der Waals surface area contributed by atoms with Gasteiger partial charge in [0.2, 0.25) is 0 Å². The quantitative estimate of drug-likeness (QED) is 0.698. The van der Waals surface area contributed by atoms with E-state index in [0.29, 0.717) is 17.0 Å². The summed E-state index contributed by atoms with van der Waals surface area (Å²) in [5.74, 6) is -0.463. The van der Waals surface area contributed by atoms with Crippen LogP contribution in [0.3, 0.4) is 0 Å². The van der Waals surface area contributed by atoms with Crippen LogP contribution in [0.15, 0.2) is 18.2 Å². The standard InChI is InChI=1S/C11H10ClFO/c12-7-4-5-10(13)9(6-7)8-2-1-3-11(8)14/h4-6,8H,1-3H2. The lowest BCUT2D eigenvalue weighted by atomic mass is 9.96. The van der Waals surface area contributed by atoms with E-state index in [0.717, 1.165) is 12.8 Å². The second-order valence-corrected chi connectivity index (χ2v) is 4.01. The average Bonchev–Trinajstić information content (AvgIpc) is 2.56. The monoisotopic (exact) mass is 212 g/mol. The van der Waals surface area contributed by atoms with E-state index in [9.17, 15) is 9.18 Å². The summed E-state index contributed by atoms with van der Waals surface area (Å²) in [6.07, 6.45) is 2.17. The van der Waals surface area contributed by atoms with Gasteiger partial charge in [0, 0.05) is 17.4 Å². The Labute approximate surface area is 86.9 Å². The zero-order valence-corrected chi connectivity index (χ0v) is 8.35. The molecule has 0 heterocycles. The van der Waals surface area contributed by atoms with Gasteiger partial charge in [0.25, 0.3) is 0 Å². The molecule has 3 heteroatoms. The van der Waals surface area contributed by atoms with Crippen molar-refractivity contribution in [3.05, 3.63) is 34.6 Å². The van der Waals surface area contributed by atoms with Crippen LogP contribution in [0.1, 0.15) is 30.7 Å². The van der Waals surface area contributed by atoms with Gasteiger partial charge in [0.05, 0.1) is 0 Å². The summed E-state index contributed by atoms with van der Waals surface area (Å²) in [4.78, 5) is 11.4. The van der Waals surface area contributed by atoms with Gasteiger partial charge in [-0.1, -0.05) is 11.6 Å². The van der Waals surface area contributed by atoms with Crippen LogP contribution in [-0.4, -0.2) is 5.78 Å². The van der Waals surface area contributed by atoms with Gasteiger partial charge < -0.3 is 0 Å². The lowest BCUT2D eigenvalue weighted by Gasteiger charge is -2.09. The number of Topliss-reactive ketones (excluding diaryl/α,β-unsaturated/α-hetero) is 1. The highest BCUT2D eigenvalue weighted by molar-refractivity contribution is 6.30. The smallest absolute Gasteiger partial charge is 0.140 e. The summed E-state index contributed by atoms with van der Waals surface area (Å²) in [6, 6.07) is 4.38. The molecule has 1 aliphatic carbocycles. The number of halogens is 2. The van der Waals surface area contributed by atoms with Gasteiger partial charge >= 0.3 is 0 Å². The molecule has 0 aromatic heterocycles. The fraction of sp³-hybridized carbons (Fsp3) is 0.364. The van der Waals surface area contributed by atoms with Gasteiger partial charge in [-0.3, -0.25) is 4.79 Å². The van der Waals surface area contributed by atoms with Crippen molar-refractivity contribution in [2.24, 2.45) is 0 Å². The van der Waals surface area contributed by atoms with E-state index < -0.39 is 0 Å². The fourth-order valence-corrected chi connectivity index (χ4v) is 2.11. The molecule has 1 nitrogen and oxygen atoms in total. The molecule has 0 amide bonds. The van der Waals surface area contributed by atoms with E-state index in [1.54, 1.807) is 6.07 Å². The Bertz CT molecular complexity index is 376. The molecule has 2 rings (SSSR count). The molecule has 74 valence electrons. The summed E-state index contributed by atoms with van der Waals surface area (Å²) >= 11 is 5.76. The second kappa shape index (κ2) is 3.70. The number of benzene rings is 1. The van der Waals surface area contributed by atoms with Crippen molar-refractivity contribution in [1.29, 1.82) is 0 Å². The second-order valence-electron chi connectivity index (χ2n) is 3.58. The Balaban J connectivity index is 2.39. The number of hydrogen-bond donors (Lipinski definition) is 0. The van der Waals surface area contributed by atoms with Gasteiger partial charge in [-0.15, -0.1) is 0 Å². The van der Waals surface area contributed by atoms with Gasteiger partial charge in [0.15, 0.2) is 0 Å². The lowest BCUT2D eigenvalue weighted by Crippen LogP contribution is -2.06. The van der Waals surface area contributed by atoms with Crippen LogP contribution in [0.2, 0.25) is 5.02 Å². The number of rotatable bonds is 1. The number of carbonyl (C=O) groups excluding carboxylic acids is 1. The molecule has 1 fully saturated rings. The molecule has 1 aliphatic rings. The highest BCUT2D eigenvalue weighted by Gasteiger charge is 2.28. The Hall–Kier alpha value is -0.890. The zero-order valence-electron chi connectivity index (χ0n) is 7.59. The van der Waals surface area contributed by atoms with Gasteiger partial charge in [0.1, 0.15) is 11.6 Å². The van der Waals surface area contributed by atoms with Crippen molar-refractivity contribution in [1.82, 2.24) is 0 Å². The Kier molecular flexibility index (Phi) is 2.55. The minimum atomic E-state index is -0.324. The topological polar surface area (TPSA) is 17.1 Å². The van der Waals surface area contributed by atoms with E-state index in [2.05, 4.69) is 0 Å². The maximum atomic E-state index is 13.4. The molecule has 0 bridgehead atoms. The van der Waals surface area contributed by atoms with Crippen molar-refractivity contribution < 1.29 is 9.18 Å². The predicted molar refractivity (Wildman–Crippen MR) is 53.0 cm³/mol. The third kappa shape index (κ3) is 1.67. The van der Waals surface area contributed by atoms with Crippen molar-refractivity contribution in [3.8, 4) is 0 Å². The Morgan fingerprint density at radius 1 is 1.43 bits per heavy atom. The van der Waals surface area contributed by atoms with Crippen LogP contribution in [0, 0.1) is 5.82 Å². The summed E-state index contributed by atoms with van der Waals surface area (Å²) in [5.41, 5.74) is 0.458. The molecule has 0 aliphatic heterocycles. The molecular weight excluding hydrogens is 203 g/mol. The number of carbonyl (C=O) groups is 1. The van der Waals surface area contributed by atoms with Gasteiger partial charge in [-0.25, -0.2) is 4.39 Å². The first-order valence-corrected chi connectivity index (χ1v) is 5.04. The van der Waals surface area contributed by atoms with Crippen molar-refractivity contribution >= 4 is 17.4 Å². The van der Waals surface area contributed by atoms with Crippen LogP contribution in [0.25, 0.3) is 0 Å². The van der Waals surface area contributed by atoms with E-state index in [1.807, 2.05) is 0 Å². The molecule has 1 unspecified atom stereocenters. The Morgan fingerprint density at radius 3 is 2.86 bits per heavy atom. The van der Waals surface area contributed by atoms with E-state index in [1.165, 1.54) is 12.1 Å². The Morgan fingerprint density at radius 2 is 2.21 bits per heavy atom. The molecular formula is C11H10ClFO. The first-order chi connectivity index (χ1) is 6.68. The van der Waals surface area contributed by atoms with Crippen LogP contribution < -0.4 is 0 Å². The summed E-state index contributed by atoms with van der Waals surface area (Å²) in [5, 5.41) is 0.487. The third-order valence-electron chi connectivity index (χ3n) is 2.64. The molecule has 1 aromatic carbocycles. The van der Waals surface area contributed by atoms with E-state index in [4.69, 9.17) is 11.6 Å². The first kappa shape index (κ1) is 9.66. The van der Waals surface area contributed by atoms with Crippen LogP contribution >= 0.6 is 11.6 Å². The van der Waals surface area contributed by atoms with Gasteiger partial charge in [-0.2, -0.15) is 0 Å². The summed E-state index contributed by atoms with van der Waals surface area (Å²) < 4.78 is 13.4. The maximum absolute atomic E-state index is 13.4. The fourth-order valence-electron chi connectivity index (χ4n) is 1.93. The highest BCUT2D eigenvalue weighted by atomic mass is 35.5. The van der Waals surface area contributed by atoms with Crippen LogP contribution in [0.5, 0.6) is 0 Å². The van der Waals surface area contributed by atoms with Crippen molar-refractivity contribution in [3.63, 3.8) is 0 Å². The minimum absolute atomic E-state index is 0.131. The molecule has 1 atom stereocenters. The summed E-state index contributed by atoms with van der Waals surface area (Å²) in [7, 11) is 0. The van der Waals surface area contributed by atoms with Crippen molar-refractivity contribution in [2.45, 2.75) is 25.2 Å². The molecule has 0 N–H and O–H groups in total. The highest BCUT2D eigenvalue weighted by Crippen LogP contribution is 2.33. The van der Waals surface area contributed by atoms with Crippen molar-refractivity contribution in [2.75, 3.05) is 0 Å². The molecule has 1 saturated carbocycles. The molecule has 0 saturated heterocycles. The average molecular weight is 213 g/mol. The van der Waals surface area contributed by atoms with E-state index in [-0.39, 0.29) is 17.5 Å². The number of hydrogen-bond acceptors (Lipinski definition) is 1. The zero-order chi connectivity index (χ0) is 10.1. The minimum Gasteiger partial charge on any atom is -0.299 e. The molecule has 14 heavy (non-hydrogen) atoms. The first-order valence-electron chi connectivity index (χ1n) is 4.66. The lowest BCUT2D eigenvalue weighted by molar-refractivity contribution is -0.118. The molecule has 0 spiro atoms. The third-order valence-corrected chi connectivity index (χ3v) is 2.87. The van der Waals surface area contributed by atoms with Crippen LogP contribution in [-0.2, 0) is 4.79 Å².